The van der Waals surface area contributed by atoms with Crippen LogP contribution in [0, 0.1) is 0 Å². The molecular weight excluding hydrogens is 267 g/mol. The molecule has 0 amide bonds. The van der Waals surface area contributed by atoms with E-state index in [4.69, 9.17) is 24.4 Å². The van der Waals surface area contributed by atoms with Crippen molar-refractivity contribution in [1.29, 1.82) is 0 Å². The second-order valence-corrected chi connectivity index (χ2v) is 5.25. The molecule has 0 atom stereocenters. The maximum atomic E-state index is 5.34. The Morgan fingerprint density at radius 2 is 1.06 bits per heavy atom. The van der Waals surface area contributed by atoms with E-state index in [1.165, 1.54) is 11.8 Å². The second kappa shape index (κ2) is 11.2. The summed E-state index contributed by atoms with van der Waals surface area (Å²) in [6.45, 7) is 12.2. The van der Waals surface area contributed by atoms with Crippen molar-refractivity contribution >= 4 is 74.4 Å². The number of hydrogen-bond donors (Lipinski definition) is 0. The van der Waals surface area contributed by atoms with E-state index in [2.05, 4.69) is 37.5 Å². The summed E-state index contributed by atoms with van der Waals surface area (Å²) >= 11 is 12.2. The fourth-order valence-corrected chi connectivity index (χ4v) is 3.24. The van der Waals surface area contributed by atoms with E-state index in [9.17, 15) is 0 Å². The molecule has 0 aliphatic rings. The fourth-order valence-electron chi connectivity index (χ4n) is 1.17. The van der Waals surface area contributed by atoms with Crippen LogP contribution in [-0.2, 0) is 0 Å². The predicted octanol–water partition coefficient (Wildman–Crippen LogP) is 2.32. The van der Waals surface area contributed by atoms with Crippen LogP contribution in [-0.4, -0.2) is 74.2 Å². The first-order valence-corrected chi connectivity index (χ1v) is 6.99. The maximum absolute atomic E-state index is 5.34. The molecule has 0 heterocycles. The second-order valence-electron chi connectivity index (χ2n) is 2.98. The molecule has 0 saturated heterocycles. The van der Waals surface area contributed by atoms with Crippen LogP contribution in [0.1, 0.15) is 27.7 Å². The van der Waals surface area contributed by atoms with Crippen LogP contribution in [0.4, 0.5) is 0 Å². The molecule has 0 aromatic rings. The van der Waals surface area contributed by atoms with Gasteiger partial charge in [-0.15, -0.1) is 0 Å². The van der Waals surface area contributed by atoms with E-state index in [-0.39, 0.29) is 29.6 Å². The Hall–Kier alpha value is 1.13. The van der Waals surface area contributed by atoms with Crippen molar-refractivity contribution in [2.75, 3.05) is 26.2 Å². The molecule has 0 aliphatic carbocycles. The molecule has 0 bridgehead atoms. The first kappa shape index (κ1) is 19.5. The fraction of sp³-hybridized carbons (Fsp3) is 0.800. The average Bonchev–Trinajstić information content (AvgIpc) is 2.21. The van der Waals surface area contributed by atoms with Gasteiger partial charge in [0.25, 0.3) is 0 Å². The molecule has 16 heavy (non-hydrogen) atoms. The van der Waals surface area contributed by atoms with Crippen molar-refractivity contribution in [2.45, 2.75) is 27.7 Å². The summed E-state index contributed by atoms with van der Waals surface area (Å²) in [5.74, 6) is 0. The quantitative estimate of drug-likeness (QED) is 0.577. The molecule has 0 rings (SSSR count). The van der Waals surface area contributed by atoms with E-state index in [1.54, 1.807) is 0 Å². The van der Waals surface area contributed by atoms with Crippen molar-refractivity contribution in [3.63, 3.8) is 0 Å². The van der Waals surface area contributed by atoms with Crippen LogP contribution in [0.2, 0.25) is 0 Å². The third-order valence-electron chi connectivity index (χ3n) is 2.22. The Morgan fingerprint density at radius 3 is 1.25 bits per heavy atom. The van der Waals surface area contributed by atoms with Crippen LogP contribution >= 0.6 is 36.2 Å². The van der Waals surface area contributed by atoms with Gasteiger partial charge < -0.3 is 9.80 Å². The molecule has 0 aromatic carbocycles. The van der Waals surface area contributed by atoms with Crippen molar-refractivity contribution in [1.82, 2.24) is 9.80 Å². The number of thioether (sulfide) groups is 1. The zero-order valence-electron chi connectivity index (χ0n) is 9.95. The van der Waals surface area contributed by atoms with Gasteiger partial charge in [-0.05, 0) is 39.5 Å². The molecule has 0 aromatic heterocycles. The molecule has 2 nitrogen and oxygen atoms in total. The predicted molar refractivity (Wildman–Crippen MR) is 85.8 cm³/mol. The Morgan fingerprint density at radius 1 is 0.812 bits per heavy atom. The van der Waals surface area contributed by atoms with Crippen molar-refractivity contribution in [2.24, 2.45) is 0 Å². The van der Waals surface area contributed by atoms with Gasteiger partial charge in [0.1, 0.15) is 8.64 Å². The Balaban J connectivity index is 0. The van der Waals surface area contributed by atoms with Gasteiger partial charge in [0.05, 0.1) is 0 Å². The van der Waals surface area contributed by atoms with Crippen molar-refractivity contribution in [3.05, 3.63) is 0 Å². The summed E-state index contributed by atoms with van der Waals surface area (Å²) in [6, 6.07) is 0. The average molecular weight is 288 g/mol. The number of thiocarbonyl (C=S) groups is 2. The van der Waals surface area contributed by atoms with Gasteiger partial charge in [-0.1, -0.05) is 24.4 Å². The van der Waals surface area contributed by atoms with Gasteiger partial charge in [0, 0.05) is 26.2 Å². The first-order valence-electron chi connectivity index (χ1n) is 5.36. The van der Waals surface area contributed by atoms with Crippen LogP contribution in [0.25, 0.3) is 0 Å². The van der Waals surface area contributed by atoms with Gasteiger partial charge in [0.15, 0.2) is 0 Å². The monoisotopic (exact) mass is 288 g/mol. The molecule has 0 fully saturated rings. The molecule has 0 N–H and O–H groups in total. The summed E-state index contributed by atoms with van der Waals surface area (Å²) in [5, 5.41) is 0. The van der Waals surface area contributed by atoms with E-state index < -0.39 is 0 Å². The molecule has 0 radical (unpaired) electrons. The number of hydrogen-bond acceptors (Lipinski definition) is 3. The molecule has 0 aliphatic heterocycles. The van der Waals surface area contributed by atoms with E-state index >= 15 is 0 Å². The van der Waals surface area contributed by atoms with Gasteiger partial charge in [-0.3, -0.25) is 0 Å². The number of rotatable bonds is 4. The van der Waals surface area contributed by atoms with Gasteiger partial charge in [0.2, 0.25) is 0 Å². The molecule has 0 unspecified atom stereocenters. The number of nitrogens with zero attached hydrogens (tertiary/aromatic N) is 2. The normalized spacial score (nSPS) is 9.25. The summed E-state index contributed by atoms with van der Waals surface area (Å²) < 4.78 is 1.77. The van der Waals surface area contributed by atoms with E-state index in [1.807, 2.05) is 0 Å². The van der Waals surface area contributed by atoms with Crippen LogP contribution in [0.5, 0.6) is 0 Å². The molecule has 0 spiro atoms. The van der Waals surface area contributed by atoms with Crippen LogP contribution in [0.3, 0.4) is 0 Å². The SMILES string of the molecule is CCN(CC)C(=S)SC(=S)N(CC)CC.[NaH]. The van der Waals surface area contributed by atoms with Gasteiger partial charge in [-0.2, -0.15) is 0 Å². The minimum absolute atomic E-state index is 0. The van der Waals surface area contributed by atoms with Crippen molar-refractivity contribution in [3.8, 4) is 0 Å². The Bertz CT molecular complexity index is 194. The van der Waals surface area contributed by atoms with E-state index in [0.717, 1.165) is 34.8 Å². The third kappa shape index (κ3) is 6.77. The summed E-state index contributed by atoms with van der Waals surface area (Å²) in [6.07, 6.45) is 0. The van der Waals surface area contributed by atoms with Crippen LogP contribution < -0.4 is 0 Å². The summed E-state index contributed by atoms with van der Waals surface area (Å²) in [7, 11) is 0. The first-order chi connectivity index (χ1) is 7.10. The van der Waals surface area contributed by atoms with Crippen LogP contribution in [0.15, 0.2) is 0 Å². The molecule has 90 valence electrons. The molecule has 0 saturated carbocycles. The van der Waals surface area contributed by atoms with Crippen molar-refractivity contribution < 1.29 is 0 Å². The van der Waals surface area contributed by atoms with Gasteiger partial charge >= 0.3 is 29.6 Å². The molecule has 6 heteroatoms. The van der Waals surface area contributed by atoms with E-state index in [0.29, 0.717) is 0 Å². The van der Waals surface area contributed by atoms with Gasteiger partial charge in [-0.25, -0.2) is 0 Å². The zero-order valence-corrected chi connectivity index (χ0v) is 12.4. The topological polar surface area (TPSA) is 6.48 Å². The third-order valence-corrected chi connectivity index (χ3v) is 4.10. The Kier molecular flexibility index (Phi) is 13.7. The summed E-state index contributed by atoms with van der Waals surface area (Å²) in [4.78, 5) is 4.30. The summed E-state index contributed by atoms with van der Waals surface area (Å²) in [5.41, 5.74) is 0. The minimum atomic E-state index is 0. The Labute approximate surface area is 137 Å². The standard InChI is InChI=1S/C10H20N2S3.Na.H/c1-5-11(6-2)9(13)15-10(14)12(7-3)8-4;;/h5-8H2,1-4H3;;. The molecular formula is C10H21N2NaS3. The zero-order chi connectivity index (χ0) is 11.8.